The lowest BCUT2D eigenvalue weighted by atomic mass is 9.99. The zero-order chi connectivity index (χ0) is 12.3. The largest absolute Gasteiger partial charge is 0.399 e. The van der Waals surface area contributed by atoms with Crippen molar-refractivity contribution in [2.75, 3.05) is 18.8 Å². The third-order valence-electron chi connectivity index (χ3n) is 3.32. The summed E-state index contributed by atoms with van der Waals surface area (Å²) < 4.78 is 0. The average Bonchev–Trinajstić information content (AvgIpc) is 2.29. The highest BCUT2D eigenvalue weighted by molar-refractivity contribution is 5.79. The first kappa shape index (κ1) is 12.0. The molecule has 0 spiro atoms. The summed E-state index contributed by atoms with van der Waals surface area (Å²) >= 11 is 0. The number of amides is 1. The van der Waals surface area contributed by atoms with E-state index in [1.165, 1.54) is 6.42 Å². The molecule has 1 aliphatic heterocycles. The summed E-state index contributed by atoms with van der Waals surface area (Å²) in [6, 6.07) is 7.58. The van der Waals surface area contributed by atoms with E-state index in [1.807, 2.05) is 29.2 Å². The smallest absolute Gasteiger partial charge is 0.226 e. The zero-order valence-electron chi connectivity index (χ0n) is 10.4. The van der Waals surface area contributed by atoms with Crippen LogP contribution >= 0.6 is 0 Å². The highest BCUT2D eigenvalue weighted by Crippen LogP contribution is 2.17. The van der Waals surface area contributed by atoms with Crippen molar-refractivity contribution in [1.29, 1.82) is 0 Å². The minimum atomic E-state index is 0.224. The van der Waals surface area contributed by atoms with Crippen LogP contribution in [0, 0.1) is 5.92 Å². The number of nitrogens with two attached hydrogens (primary N) is 1. The molecule has 1 atom stereocenters. The Morgan fingerprint density at radius 3 is 3.06 bits per heavy atom. The molecule has 1 unspecified atom stereocenters. The van der Waals surface area contributed by atoms with Crippen molar-refractivity contribution >= 4 is 11.6 Å². The number of nitrogens with zero attached hydrogens (tertiary/aromatic N) is 1. The van der Waals surface area contributed by atoms with E-state index in [1.54, 1.807) is 0 Å². The summed E-state index contributed by atoms with van der Waals surface area (Å²) in [7, 11) is 0. The molecule has 1 saturated heterocycles. The van der Waals surface area contributed by atoms with Crippen molar-refractivity contribution in [3.05, 3.63) is 29.8 Å². The topological polar surface area (TPSA) is 46.3 Å². The molecule has 1 aromatic rings. The molecular weight excluding hydrogens is 212 g/mol. The van der Waals surface area contributed by atoms with Gasteiger partial charge in [-0.2, -0.15) is 0 Å². The van der Waals surface area contributed by atoms with Crippen LogP contribution in [0.3, 0.4) is 0 Å². The molecule has 3 heteroatoms. The molecule has 2 rings (SSSR count). The summed E-state index contributed by atoms with van der Waals surface area (Å²) in [5, 5.41) is 0. The number of benzene rings is 1. The summed E-state index contributed by atoms with van der Waals surface area (Å²) in [5.74, 6) is 0.857. The Bertz CT molecular complexity index is 403. The monoisotopic (exact) mass is 232 g/mol. The molecule has 0 aliphatic carbocycles. The molecule has 92 valence electrons. The van der Waals surface area contributed by atoms with Gasteiger partial charge in [-0.1, -0.05) is 19.1 Å². The lowest BCUT2D eigenvalue weighted by Crippen LogP contribution is -2.39. The number of carbonyl (C=O) groups is 1. The first-order chi connectivity index (χ1) is 8.15. The first-order valence-electron chi connectivity index (χ1n) is 6.27. The van der Waals surface area contributed by atoms with Gasteiger partial charge in [-0.15, -0.1) is 0 Å². The van der Waals surface area contributed by atoms with Crippen LogP contribution in [0.15, 0.2) is 24.3 Å². The van der Waals surface area contributed by atoms with Crippen molar-refractivity contribution in [1.82, 2.24) is 4.90 Å². The highest BCUT2D eigenvalue weighted by atomic mass is 16.2. The van der Waals surface area contributed by atoms with E-state index in [0.29, 0.717) is 12.3 Å². The van der Waals surface area contributed by atoms with E-state index in [9.17, 15) is 4.79 Å². The normalized spacial score (nSPS) is 20.3. The van der Waals surface area contributed by atoms with Gasteiger partial charge >= 0.3 is 0 Å². The Morgan fingerprint density at radius 1 is 1.53 bits per heavy atom. The quantitative estimate of drug-likeness (QED) is 0.793. The Labute approximate surface area is 103 Å². The van der Waals surface area contributed by atoms with Crippen LogP contribution in [0.2, 0.25) is 0 Å². The van der Waals surface area contributed by atoms with Gasteiger partial charge in [0.15, 0.2) is 0 Å². The molecule has 0 aromatic heterocycles. The minimum absolute atomic E-state index is 0.224. The Hall–Kier alpha value is -1.51. The van der Waals surface area contributed by atoms with Crippen molar-refractivity contribution in [2.24, 2.45) is 5.92 Å². The van der Waals surface area contributed by atoms with Gasteiger partial charge in [0.25, 0.3) is 0 Å². The van der Waals surface area contributed by atoms with Crippen LogP contribution in [0.25, 0.3) is 0 Å². The van der Waals surface area contributed by atoms with Crippen LogP contribution in [-0.2, 0) is 11.2 Å². The van der Waals surface area contributed by atoms with E-state index in [-0.39, 0.29) is 5.91 Å². The fourth-order valence-corrected chi connectivity index (χ4v) is 2.41. The second kappa shape index (κ2) is 5.21. The maximum atomic E-state index is 12.1. The molecule has 1 amide bonds. The minimum Gasteiger partial charge on any atom is -0.399 e. The number of rotatable bonds is 2. The van der Waals surface area contributed by atoms with E-state index < -0.39 is 0 Å². The molecule has 2 N–H and O–H groups in total. The predicted molar refractivity (Wildman–Crippen MR) is 69.5 cm³/mol. The van der Waals surface area contributed by atoms with Gasteiger partial charge in [-0.25, -0.2) is 0 Å². The molecular formula is C14H20N2O. The lowest BCUT2D eigenvalue weighted by Gasteiger charge is -2.31. The molecule has 1 fully saturated rings. The molecule has 0 saturated carbocycles. The number of likely N-dealkylation sites (tertiary alicyclic amines) is 1. The number of carbonyl (C=O) groups excluding carboxylic acids is 1. The number of hydrogen-bond acceptors (Lipinski definition) is 2. The summed E-state index contributed by atoms with van der Waals surface area (Å²) in [6.07, 6.45) is 2.84. The van der Waals surface area contributed by atoms with Gasteiger partial charge in [-0.05, 0) is 36.5 Å². The maximum Gasteiger partial charge on any atom is 0.226 e. The van der Waals surface area contributed by atoms with Crippen molar-refractivity contribution < 1.29 is 4.79 Å². The number of piperidine rings is 1. The fraction of sp³-hybridized carbons (Fsp3) is 0.500. The Balaban J connectivity index is 1.96. The maximum absolute atomic E-state index is 12.1. The van der Waals surface area contributed by atoms with Crippen LogP contribution in [-0.4, -0.2) is 23.9 Å². The molecule has 3 nitrogen and oxygen atoms in total. The number of nitrogen functional groups attached to an aromatic ring is 1. The SMILES string of the molecule is CC1CCCN(C(=O)Cc2cccc(N)c2)C1. The molecule has 0 bridgehead atoms. The zero-order valence-corrected chi connectivity index (χ0v) is 10.4. The van der Waals surface area contributed by atoms with Gasteiger partial charge in [0.1, 0.15) is 0 Å². The van der Waals surface area contributed by atoms with Crippen LogP contribution in [0.4, 0.5) is 5.69 Å². The summed E-state index contributed by atoms with van der Waals surface area (Å²) in [5.41, 5.74) is 7.44. The lowest BCUT2D eigenvalue weighted by molar-refractivity contribution is -0.132. The number of anilines is 1. The summed E-state index contributed by atoms with van der Waals surface area (Å²) in [4.78, 5) is 14.1. The van der Waals surface area contributed by atoms with Gasteiger partial charge in [-0.3, -0.25) is 4.79 Å². The molecule has 1 heterocycles. The third-order valence-corrected chi connectivity index (χ3v) is 3.32. The molecule has 0 radical (unpaired) electrons. The first-order valence-corrected chi connectivity index (χ1v) is 6.27. The van der Waals surface area contributed by atoms with Crippen molar-refractivity contribution in [3.8, 4) is 0 Å². The van der Waals surface area contributed by atoms with Crippen LogP contribution < -0.4 is 5.73 Å². The second-order valence-electron chi connectivity index (χ2n) is 5.01. The molecule has 17 heavy (non-hydrogen) atoms. The molecule has 1 aliphatic rings. The Morgan fingerprint density at radius 2 is 2.35 bits per heavy atom. The Kier molecular flexibility index (Phi) is 3.67. The van der Waals surface area contributed by atoms with Gasteiger partial charge in [0.05, 0.1) is 6.42 Å². The number of hydrogen-bond donors (Lipinski definition) is 1. The van der Waals surface area contributed by atoms with Crippen molar-refractivity contribution in [2.45, 2.75) is 26.2 Å². The average molecular weight is 232 g/mol. The highest BCUT2D eigenvalue weighted by Gasteiger charge is 2.20. The predicted octanol–water partition coefficient (Wildman–Crippen LogP) is 2.07. The summed E-state index contributed by atoms with van der Waals surface area (Å²) in [6.45, 7) is 4.02. The van der Waals surface area contributed by atoms with Gasteiger partial charge in [0.2, 0.25) is 5.91 Å². The second-order valence-corrected chi connectivity index (χ2v) is 5.01. The van der Waals surface area contributed by atoms with E-state index in [0.717, 1.165) is 30.8 Å². The van der Waals surface area contributed by atoms with E-state index in [4.69, 9.17) is 5.73 Å². The fourth-order valence-electron chi connectivity index (χ4n) is 2.41. The van der Waals surface area contributed by atoms with E-state index in [2.05, 4.69) is 6.92 Å². The molecule has 1 aromatic carbocycles. The van der Waals surface area contributed by atoms with Crippen molar-refractivity contribution in [3.63, 3.8) is 0 Å². The van der Waals surface area contributed by atoms with Gasteiger partial charge in [0, 0.05) is 18.8 Å². The van der Waals surface area contributed by atoms with Crippen LogP contribution in [0.1, 0.15) is 25.3 Å². The van der Waals surface area contributed by atoms with E-state index >= 15 is 0 Å². The van der Waals surface area contributed by atoms with Crippen LogP contribution in [0.5, 0.6) is 0 Å². The van der Waals surface area contributed by atoms with Gasteiger partial charge < -0.3 is 10.6 Å². The standard InChI is InChI=1S/C14H20N2O/c1-11-4-3-7-16(10-11)14(17)9-12-5-2-6-13(15)8-12/h2,5-6,8,11H,3-4,7,9-10,15H2,1H3. The third kappa shape index (κ3) is 3.22.